The number of para-hydroxylation sites is 4. The Morgan fingerprint density at radius 3 is 1.29 bits per heavy atom. The van der Waals surface area contributed by atoms with E-state index in [4.69, 9.17) is 0 Å². The molecule has 0 heterocycles. The van der Waals surface area contributed by atoms with Gasteiger partial charge in [-0.1, -0.05) is 158 Å². The Balaban J connectivity index is 1.36. The number of benzene rings is 9. The van der Waals surface area contributed by atoms with Crippen LogP contribution in [0, 0.1) is 0 Å². The first-order valence-electron chi connectivity index (χ1n) is 19.0. The Morgan fingerprint density at radius 2 is 0.745 bits per heavy atom. The van der Waals surface area contributed by atoms with Crippen molar-refractivity contribution in [2.24, 2.45) is 0 Å². The van der Waals surface area contributed by atoms with E-state index < -0.39 is 5.41 Å². The van der Waals surface area contributed by atoms with E-state index in [1.807, 2.05) is 0 Å². The molecule has 9 aromatic rings. The van der Waals surface area contributed by atoms with Gasteiger partial charge in [-0.15, -0.1) is 0 Å². The van der Waals surface area contributed by atoms with Gasteiger partial charge in [0, 0.05) is 34.0 Å². The molecular formula is C53H36N2. The quantitative estimate of drug-likeness (QED) is 0.170. The molecule has 0 bridgehead atoms. The minimum absolute atomic E-state index is 0.551. The SMILES string of the molecule is c1ccc(N(c2ccccc2)c2cc(N(c3ccccc3)c3ccccc3)c3c(c2)C2(c4ccccc4-c4ccccc42)c2ccc4ccccc4c2-3)cc1. The van der Waals surface area contributed by atoms with Gasteiger partial charge < -0.3 is 9.80 Å². The van der Waals surface area contributed by atoms with Crippen LogP contribution in [0.2, 0.25) is 0 Å². The van der Waals surface area contributed by atoms with Crippen LogP contribution in [0.3, 0.4) is 0 Å². The predicted octanol–water partition coefficient (Wildman–Crippen LogP) is 14.1. The molecule has 0 aromatic heterocycles. The van der Waals surface area contributed by atoms with Gasteiger partial charge in [0.05, 0.1) is 11.1 Å². The lowest BCUT2D eigenvalue weighted by atomic mass is 9.70. The summed E-state index contributed by atoms with van der Waals surface area (Å²) in [6, 6.07) is 80.0. The fraction of sp³-hybridized carbons (Fsp3) is 0.0189. The standard InChI is InChI=1S/C53H36N2/c1-5-20-38(21-6-1)54(39-22-7-2-8-23-39)42-35-49-52(50(36-42)55(40-24-9-3-10-25-40)41-26-11-4-12-27-41)51-43-28-14-13-19-37(43)33-34-48(51)53(49)46-31-17-15-29-44(46)45-30-16-18-32-47(45)53/h1-36H. The van der Waals surface area contributed by atoms with E-state index in [0.29, 0.717) is 0 Å². The van der Waals surface area contributed by atoms with Crippen molar-refractivity contribution in [1.82, 2.24) is 0 Å². The number of hydrogen-bond acceptors (Lipinski definition) is 2. The van der Waals surface area contributed by atoms with Crippen LogP contribution >= 0.6 is 0 Å². The van der Waals surface area contributed by atoms with Gasteiger partial charge in [-0.2, -0.15) is 0 Å². The highest BCUT2D eigenvalue weighted by Crippen LogP contribution is 2.66. The van der Waals surface area contributed by atoms with Crippen LogP contribution in [0.1, 0.15) is 22.3 Å². The van der Waals surface area contributed by atoms with Crippen LogP contribution in [-0.4, -0.2) is 0 Å². The second kappa shape index (κ2) is 12.5. The van der Waals surface area contributed by atoms with Crippen molar-refractivity contribution in [1.29, 1.82) is 0 Å². The lowest BCUT2D eigenvalue weighted by molar-refractivity contribution is 0.794. The van der Waals surface area contributed by atoms with Crippen molar-refractivity contribution < 1.29 is 0 Å². The van der Waals surface area contributed by atoms with E-state index in [1.54, 1.807) is 0 Å². The van der Waals surface area contributed by atoms with Gasteiger partial charge >= 0.3 is 0 Å². The minimum atomic E-state index is -0.551. The molecule has 0 amide bonds. The minimum Gasteiger partial charge on any atom is -0.310 e. The van der Waals surface area contributed by atoms with Crippen molar-refractivity contribution >= 4 is 44.9 Å². The Hall–Kier alpha value is -7.16. The zero-order valence-corrected chi connectivity index (χ0v) is 30.2. The molecule has 0 radical (unpaired) electrons. The molecule has 2 aliphatic carbocycles. The molecule has 9 aromatic carbocycles. The molecule has 0 unspecified atom stereocenters. The normalized spacial score (nSPS) is 12.9. The highest BCUT2D eigenvalue weighted by atomic mass is 15.2. The summed E-state index contributed by atoms with van der Waals surface area (Å²) >= 11 is 0. The third-order valence-electron chi connectivity index (χ3n) is 11.6. The first kappa shape index (κ1) is 31.4. The van der Waals surface area contributed by atoms with Crippen LogP contribution in [0.15, 0.2) is 218 Å². The number of fused-ring (bicyclic) bond motifs is 12. The number of anilines is 6. The first-order chi connectivity index (χ1) is 27.3. The molecule has 2 nitrogen and oxygen atoms in total. The van der Waals surface area contributed by atoms with Crippen LogP contribution < -0.4 is 9.80 Å². The van der Waals surface area contributed by atoms with Crippen molar-refractivity contribution in [3.05, 3.63) is 241 Å². The van der Waals surface area contributed by atoms with E-state index >= 15 is 0 Å². The third-order valence-corrected chi connectivity index (χ3v) is 11.6. The molecule has 55 heavy (non-hydrogen) atoms. The van der Waals surface area contributed by atoms with Gasteiger partial charge in [0.25, 0.3) is 0 Å². The molecule has 1 spiro atoms. The molecule has 0 saturated heterocycles. The summed E-state index contributed by atoms with van der Waals surface area (Å²) in [6.45, 7) is 0. The Bertz CT molecular complexity index is 2740. The number of nitrogens with zero attached hydrogens (tertiary/aromatic N) is 2. The smallest absolute Gasteiger partial charge is 0.0727 e. The molecule has 0 atom stereocenters. The van der Waals surface area contributed by atoms with E-state index in [0.717, 1.165) is 34.1 Å². The molecule has 0 saturated carbocycles. The second-order valence-electron chi connectivity index (χ2n) is 14.5. The maximum absolute atomic E-state index is 2.50. The van der Waals surface area contributed by atoms with Gasteiger partial charge in [-0.05, 0) is 110 Å². The largest absolute Gasteiger partial charge is 0.310 e. The molecule has 0 N–H and O–H groups in total. The zero-order chi connectivity index (χ0) is 36.3. The monoisotopic (exact) mass is 700 g/mol. The van der Waals surface area contributed by atoms with E-state index in [-0.39, 0.29) is 0 Å². The van der Waals surface area contributed by atoms with Gasteiger partial charge in [-0.3, -0.25) is 0 Å². The summed E-state index contributed by atoms with van der Waals surface area (Å²) in [7, 11) is 0. The summed E-state index contributed by atoms with van der Waals surface area (Å²) < 4.78 is 0. The van der Waals surface area contributed by atoms with Crippen molar-refractivity contribution in [3.63, 3.8) is 0 Å². The van der Waals surface area contributed by atoms with Crippen LogP contribution in [-0.2, 0) is 5.41 Å². The van der Waals surface area contributed by atoms with Gasteiger partial charge in [-0.25, -0.2) is 0 Å². The van der Waals surface area contributed by atoms with Crippen molar-refractivity contribution in [2.45, 2.75) is 5.41 Å². The molecule has 2 heteroatoms. The number of hydrogen-bond donors (Lipinski definition) is 0. The van der Waals surface area contributed by atoms with Crippen LogP contribution in [0.25, 0.3) is 33.0 Å². The summed E-state index contributed by atoms with van der Waals surface area (Å²) in [5, 5.41) is 2.50. The van der Waals surface area contributed by atoms with Gasteiger partial charge in [0.2, 0.25) is 0 Å². The summed E-state index contributed by atoms with van der Waals surface area (Å²) in [5.74, 6) is 0. The highest BCUT2D eigenvalue weighted by Gasteiger charge is 2.53. The Morgan fingerprint density at radius 1 is 0.291 bits per heavy atom. The molecule has 11 rings (SSSR count). The predicted molar refractivity (Wildman–Crippen MR) is 230 cm³/mol. The highest BCUT2D eigenvalue weighted by molar-refractivity contribution is 6.11. The fourth-order valence-corrected chi connectivity index (χ4v) is 9.47. The second-order valence-corrected chi connectivity index (χ2v) is 14.5. The summed E-state index contributed by atoms with van der Waals surface area (Å²) in [5.41, 5.74) is 16.5. The molecular weight excluding hydrogens is 665 g/mol. The first-order valence-corrected chi connectivity index (χ1v) is 19.0. The Labute approximate surface area is 321 Å². The maximum atomic E-state index is 2.50. The topological polar surface area (TPSA) is 6.48 Å². The average Bonchev–Trinajstić information content (AvgIpc) is 3.73. The summed E-state index contributed by atoms with van der Waals surface area (Å²) in [4.78, 5) is 4.88. The molecule has 0 aliphatic heterocycles. The Kier molecular flexibility index (Phi) is 7.11. The van der Waals surface area contributed by atoms with Gasteiger partial charge in [0.15, 0.2) is 0 Å². The fourth-order valence-electron chi connectivity index (χ4n) is 9.47. The van der Waals surface area contributed by atoms with Crippen molar-refractivity contribution in [2.75, 3.05) is 9.80 Å². The number of rotatable bonds is 6. The van der Waals surface area contributed by atoms with E-state index in [9.17, 15) is 0 Å². The zero-order valence-electron chi connectivity index (χ0n) is 30.2. The molecule has 2 aliphatic rings. The third kappa shape index (κ3) is 4.62. The van der Waals surface area contributed by atoms with Gasteiger partial charge in [0.1, 0.15) is 0 Å². The lowest BCUT2D eigenvalue weighted by Crippen LogP contribution is -2.26. The average molecular weight is 701 g/mol. The van der Waals surface area contributed by atoms with Crippen LogP contribution in [0.5, 0.6) is 0 Å². The van der Waals surface area contributed by atoms with E-state index in [1.165, 1.54) is 55.3 Å². The van der Waals surface area contributed by atoms with E-state index in [2.05, 4.69) is 228 Å². The molecule has 258 valence electrons. The lowest BCUT2D eigenvalue weighted by Gasteiger charge is -2.34. The summed E-state index contributed by atoms with van der Waals surface area (Å²) in [6.07, 6.45) is 0. The van der Waals surface area contributed by atoms with Crippen LogP contribution in [0.4, 0.5) is 34.1 Å². The maximum Gasteiger partial charge on any atom is 0.0727 e. The molecule has 0 fully saturated rings. The van der Waals surface area contributed by atoms with Crippen molar-refractivity contribution in [3.8, 4) is 22.3 Å².